The SMILES string of the molecule is C[C@H](CN(C)CCCc1ccccc1)S(C)(=O)=O. The van der Waals surface area contributed by atoms with Gasteiger partial charge < -0.3 is 4.90 Å². The van der Waals surface area contributed by atoms with Crippen LogP contribution in [0.5, 0.6) is 0 Å². The molecule has 0 unspecified atom stereocenters. The van der Waals surface area contributed by atoms with Gasteiger partial charge in [-0.1, -0.05) is 30.3 Å². The summed E-state index contributed by atoms with van der Waals surface area (Å²) in [6, 6.07) is 10.4. The van der Waals surface area contributed by atoms with Gasteiger partial charge in [-0.05, 0) is 38.9 Å². The Bertz CT molecular complexity index is 442. The molecule has 0 spiro atoms. The van der Waals surface area contributed by atoms with Crippen LogP contribution in [0, 0.1) is 0 Å². The lowest BCUT2D eigenvalue weighted by atomic mass is 10.1. The van der Waals surface area contributed by atoms with E-state index < -0.39 is 9.84 Å². The predicted molar refractivity (Wildman–Crippen MR) is 76.6 cm³/mol. The first-order valence-corrected chi connectivity index (χ1v) is 8.26. The molecule has 1 rings (SSSR count). The van der Waals surface area contributed by atoms with Crippen molar-refractivity contribution in [2.24, 2.45) is 0 Å². The van der Waals surface area contributed by atoms with Crippen molar-refractivity contribution < 1.29 is 8.42 Å². The summed E-state index contributed by atoms with van der Waals surface area (Å²) in [4.78, 5) is 2.09. The number of hydrogen-bond acceptors (Lipinski definition) is 3. The second-order valence-corrected chi connectivity index (χ2v) is 7.46. The van der Waals surface area contributed by atoms with Crippen LogP contribution in [0.3, 0.4) is 0 Å². The van der Waals surface area contributed by atoms with E-state index >= 15 is 0 Å². The van der Waals surface area contributed by atoms with Crippen molar-refractivity contribution in [3.8, 4) is 0 Å². The molecule has 4 heteroatoms. The zero-order valence-corrected chi connectivity index (χ0v) is 12.3. The van der Waals surface area contributed by atoms with E-state index in [1.807, 2.05) is 25.2 Å². The largest absolute Gasteiger partial charge is 0.305 e. The van der Waals surface area contributed by atoms with Crippen LogP contribution in [-0.2, 0) is 16.3 Å². The minimum atomic E-state index is -2.92. The Hall–Kier alpha value is -0.870. The smallest absolute Gasteiger partial charge is 0.151 e. The third-order valence-corrected chi connectivity index (χ3v) is 4.76. The first-order chi connectivity index (χ1) is 8.39. The zero-order valence-electron chi connectivity index (χ0n) is 11.5. The van der Waals surface area contributed by atoms with Crippen LogP contribution in [-0.4, -0.2) is 45.0 Å². The molecular formula is C14H23NO2S. The number of sulfone groups is 1. The molecular weight excluding hydrogens is 246 g/mol. The van der Waals surface area contributed by atoms with E-state index in [0.29, 0.717) is 6.54 Å². The standard InChI is InChI=1S/C14H23NO2S/c1-13(18(3,16)17)12-15(2)11-7-10-14-8-5-4-6-9-14/h4-6,8-9,13H,7,10-12H2,1-3H3/t13-/m1/s1. The molecule has 102 valence electrons. The van der Waals surface area contributed by atoms with Crippen LogP contribution in [0.25, 0.3) is 0 Å². The molecule has 0 fully saturated rings. The molecule has 0 aromatic heterocycles. The van der Waals surface area contributed by atoms with E-state index in [2.05, 4.69) is 17.0 Å². The van der Waals surface area contributed by atoms with Crippen LogP contribution < -0.4 is 0 Å². The van der Waals surface area contributed by atoms with E-state index in [0.717, 1.165) is 19.4 Å². The fraction of sp³-hybridized carbons (Fsp3) is 0.571. The van der Waals surface area contributed by atoms with Crippen molar-refractivity contribution >= 4 is 9.84 Å². The van der Waals surface area contributed by atoms with Gasteiger partial charge in [-0.25, -0.2) is 8.42 Å². The van der Waals surface area contributed by atoms with Gasteiger partial charge in [0.25, 0.3) is 0 Å². The molecule has 0 aliphatic carbocycles. The summed E-state index contributed by atoms with van der Waals surface area (Å²) < 4.78 is 22.7. The highest BCUT2D eigenvalue weighted by atomic mass is 32.2. The van der Waals surface area contributed by atoms with Crippen molar-refractivity contribution in [3.05, 3.63) is 35.9 Å². The van der Waals surface area contributed by atoms with E-state index in [-0.39, 0.29) is 5.25 Å². The molecule has 0 N–H and O–H groups in total. The van der Waals surface area contributed by atoms with Crippen molar-refractivity contribution in [1.29, 1.82) is 0 Å². The Morgan fingerprint density at radius 2 is 1.83 bits per heavy atom. The lowest BCUT2D eigenvalue weighted by Gasteiger charge is -2.20. The Balaban J connectivity index is 2.28. The summed E-state index contributed by atoms with van der Waals surface area (Å²) >= 11 is 0. The van der Waals surface area contributed by atoms with Gasteiger partial charge in [0, 0.05) is 12.8 Å². The number of nitrogens with zero attached hydrogens (tertiary/aromatic N) is 1. The van der Waals surface area contributed by atoms with Crippen molar-refractivity contribution in [1.82, 2.24) is 4.90 Å². The van der Waals surface area contributed by atoms with E-state index in [1.165, 1.54) is 11.8 Å². The molecule has 0 saturated carbocycles. The van der Waals surface area contributed by atoms with Crippen LogP contribution in [0.1, 0.15) is 18.9 Å². The Labute approximate surface area is 111 Å². The van der Waals surface area contributed by atoms with E-state index in [4.69, 9.17) is 0 Å². The molecule has 18 heavy (non-hydrogen) atoms. The molecule has 1 atom stereocenters. The first kappa shape index (κ1) is 15.2. The molecule has 0 bridgehead atoms. The third kappa shape index (κ3) is 5.65. The number of rotatable bonds is 7. The van der Waals surface area contributed by atoms with Gasteiger partial charge in [0.05, 0.1) is 5.25 Å². The number of hydrogen-bond donors (Lipinski definition) is 0. The van der Waals surface area contributed by atoms with E-state index in [1.54, 1.807) is 6.92 Å². The highest BCUT2D eigenvalue weighted by Gasteiger charge is 2.16. The van der Waals surface area contributed by atoms with Gasteiger partial charge in [-0.3, -0.25) is 0 Å². The summed E-state index contributed by atoms with van der Waals surface area (Å²) in [5.41, 5.74) is 1.34. The summed E-state index contributed by atoms with van der Waals surface area (Å²) in [6.07, 6.45) is 3.39. The third-order valence-electron chi connectivity index (χ3n) is 3.15. The highest BCUT2D eigenvalue weighted by molar-refractivity contribution is 7.91. The van der Waals surface area contributed by atoms with Crippen molar-refractivity contribution in [2.45, 2.75) is 25.0 Å². The molecule has 0 aliphatic rings. The number of aryl methyl sites for hydroxylation is 1. The van der Waals surface area contributed by atoms with Crippen molar-refractivity contribution in [2.75, 3.05) is 26.4 Å². The quantitative estimate of drug-likeness (QED) is 0.759. The lowest BCUT2D eigenvalue weighted by molar-refractivity contribution is 0.330. The maximum atomic E-state index is 11.3. The monoisotopic (exact) mass is 269 g/mol. The zero-order chi connectivity index (χ0) is 13.6. The maximum absolute atomic E-state index is 11.3. The van der Waals surface area contributed by atoms with Crippen molar-refractivity contribution in [3.63, 3.8) is 0 Å². The highest BCUT2D eigenvalue weighted by Crippen LogP contribution is 2.05. The molecule has 0 saturated heterocycles. The van der Waals surface area contributed by atoms with Gasteiger partial charge in [0.2, 0.25) is 0 Å². The fourth-order valence-corrected chi connectivity index (χ4v) is 2.39. The molecule has 0 aliphatic heterocycles. The Morgan fingerprint density at radius 3 is 2.39 bits per heavy atom. The number of benzene rings is 1. The average molecular weight is 269 g/mol. The second kappa shape index (κ2) is 6.90. The molecule has 0 amide bonds. The maximum Gasteiger partial charge on any atom is 0.151 e. The van der Waals surface area contributed by atoms with Gasteiger partial charge >= 0.3 is 0 Å². The van der Waals surface area contributed by atoms with Crippen LogP contribution in [0.15, 0.2) is 30.3 Å². The summed E-state index contributed by atoms with van der Waals surface area (Å²) in [5.74, 6) is 0. The lowest BCUT2D eigenvalue weighted by Crippen LogP contribution is -2.33. The fourth-order valence-electron chi connectivity index (χ4n) is 1.86. The Kier molecular flexibility index (Phi) is 5.82. The first-order valence-electron chi connectivity index (χ1n) is 6.31. The van der Waals surface area contributed by atoms with Gasteiger partial charge in [-0.15, -0.1) is 0 Å². The predicted octanol–water partition coefficient (Wildman–Crippen LogP) is 1.98. The summed E-state index contributed by atoms with van der Waals surface area (Å²) in [6.45, 7) is 3.30. The normalized spacial score (nSPS) is 13.8. The molecule has 0 radical (unpaired) electrons. The molecule has 1 aromatic carbocycles. The van der Waals surface area contributed by atoms with Crippen LogP contribution >= 0.6 is 0 Å². The minimum Gasteiger partial charge on any atom is -0.305 e. The summed E-state index contributed by atoms with van der Waals surface area (Å²) in [5, 5.41) is -0.292. The van der Waals surface area contributed by atoms with E-state index in [9.17, 15) is 8.42 Å². The summed E-state index contributed by atoms with van der Waals surface area (Å²) in [7, 11) is -0.938. The Morgan fingerprint density at radius 1 is 1.22 bits per heavy atom. The average Bonchev–Trinajstić information content (AvgIpc) is 2.29. The van der Waals surface area contributed by atoms with Gasteiger partial charge in [-0.2, -0.15) is 0 Å². The molecule has 1 aromatic rings. The molecule has 0 heterocycles. The topological polar surface area (TPSA) is 37.4 Å². The molecule has 3 nitrogen and oxygen atoms in total. The minimum absolute atomic E-state index is 0.292. The second-order valence-electron chi connectivity index (χ2n) is 4.99. The van der Waals surface area contributed by atoms with Gasteiger partial charge in [0.15, 0.2) is 9.84 Å². The van der Waals surface area contributed by atoms with Crippen LogP contribution in [0.2, 0.25) is 0 Å². The van der Waals surface area contributed by atoms with Crippen LogP contribution in [0.4, 0.5) is 0 Å². The van der Waals surface area contributed by atoms with Gasteiger partial charge in [0.1, 0.15) is 0 Å².